The van der Waals surface area contributed by atoms with Gasteiger partial charge in [-0.05, 0) is 18.9 Å². The van der Waals surface area contributed by atoms with Crippen LogP contribution in [0, 0.1) is 0 Å². The first-order chi connectivity index (χ1) is 13.0. The summed E-state index contributed by atoms with van der Waals surface area (Å²) in [5.74, 6) is 0.0734. The van der Waals surface area contributed by atoms with Gasteiger partial charge in [-0.2, -0.15) is 0 Å². The van der Waals surface area contributed by atoms with E-state index in [1.165, 1.54) is 11.3 Å². The van der Waals surface area contributed by atoms with Crippen LogP contribution in [-0.4, -0.2) is 51.0 Å². The molecule has 7 N–H and O–H groups in total. The number of rotatable bonds is 8. The number of ether oxygens (including phenoxy) is 1. The van der Waals surface area contributed by atoms with Crippen molar-refractivity contribution in [3.8, 4) is 5.75 Å². The molecule has 1 amide bonds. The van der Waals surface area contributed by atoms with E-state index >= 15 is 0 Å². The van der Waals surface area contributed by atoms with Crippen LogP contribution < -0.4 is 32.2 Å². The molecule has 0 spiro atoms. The number of piperidine rings is 1. The van der Waals surface area contributed by atoms with Gasteiger partial charge in [0.2, 0.25) is 0 Å². The summed E-state index contributed by atoms with van der Waals surface area (Å²) in [4.78, 5) is 24.7. The number of hydrogen-bond acceptors (Lipinski definition) is 8. The minimum Gasteiger partial charge on any atom is -0.491 e. The molecule has 0 radical (unpaired) electrons. The second-order valence-corrected chi connectivity index (χ2v) is 7.62. The largest absolute Gasteiger partial charge is 0.491 e. The Hall–Kier alpha value is -2.36. The number of fused-ring (bicyclic) bond motifs is 1. The van der Waals surface area contributed by atoms with Crippen molar-refractivity contribution in [2.45, 2.75) is 18.9 Å². The molecule has 0 aliphatic carbocycles. The normalized spacial score (nSPS) is 15.2. The predicted molar refractivity (Wildman–Crippen MR) is 109 cm³/mol. The summed E-state index contributed by atoms with van der Waals surface area (Å²) in [6.45, 7) is 2.92. The maximum atomic E-state index is 11.7. The van der Waals surface area contributed by atoms with Gasteiger partial charge in [-0.25, -0.2) is 0 Å². The molecule has 0 unspecified atom stereocenters. The van der Waals surface area contributed by atoms with E-state index < -0.39 is 5.91 Å². The van der Waals surface area contributed by atoms with E-state index in [9.17, 15) is 9.59 Å². The van der Waals surface area contributed by atoms with Crippen LogP contribution in [0.4, 0.5) is 11.4 Å². The van der Waals surface area contributed by atoms with Gasteiger partial charge >= 0.3 is 0 Å². The minimum atomic E-state index is -0.544. The van der Waals surface area contributed by atoms with Crippen LogP contribution in [0.15, 0.2) is 12.1 Å². The average Bonchev–Trinajstić information content (AvgIpc) is 2.99. The quantitative estimate of drug-likeness (QED) is 0.383. The zero-order valence-electron chi connectivity index (χ0n) is 15.1. The van der Waals surface area contributed by atoms with Crippen molar-refractivity contribution < 1.29 is 14.3 Å². The lowest BCUT2D eigenvalue weighted by Crippen LogP contribution is -2.39. The highest BCUT2D eigenvalue weighted by atomic mass is 32.1. The maximum Gasteiger partial charge on any atom is 0.260 e. The van der Waals surface area contributed by atoms with E-state index in [0.717, 1.165) is 42.6 Å². The molecule has 1 aliphatic rings. The molecular formula is C18H25N5O3S. The van der Waals surface area contributed by atoms with Gasteiger partial charge in [-0.15, -0.1) is 11.3 Å². The van der Waals surface area contributed by atoms with Crippen LogP contribution in [0.5, 0.6) is 5.75 Å². The number of aldehydes is 1. The number of thiophene rings is 1. The van der Waals surface area contributed by atoms with E-state index in [1.807, 2.05) is 12.1 Å². The van der Waals surface area contributed by atoms with Crippen LogP contribution >= 0.6 is 11.3 Å². The standard InChI is InChI=1S/C18H25N5O3S/c19-11-1-5-23(6-2-11)12-9-13(26-8-4-22-3-7-24)15-14(10-12)27-17(16(15)20)18(21)25/h7,9-11,22H,1-6,8,19-20H2,(H2,21,25). The van der Waals surface area contributed by atoms with Gasteiger partial charge in [0.25, 0.3) is 5.91 Å². The smallest absolute Gasteiger partial charge is 0.260 e. The Labute approximate surface area is 161 Å². The highest BCUT2D eigenvalue weighted by molar-refractivity contribution is 7.21. The minimum absolute atomic E-state index is 0.239. The first-order valence-corrected chi connectivity index (χ1v) is 9.76. The fourth-order valence-electron chi connectivity index (χ4n) is 3.23. The van der Waals surface area contributed by atoms with Gasteiger partial charge in [0, 0.05) is 42.1 Å². The second kappa shape index (κ2) is 8.55. The van der Waals surface area contributed by atoms with E-state index in [4.69, 9.17) is 21.9 Å². The Morgan fingerprint density at radius 1 is 1.37 bits per heavy atom. The van der Waals surface area contributed by atoms with Gasteiger partial charge in [0.15, 0.2) is 0 Å². The predicted octanol–water partition coefficient (Wildman–Crippen LogP) is 0.677. The van der Waals surface area contributed by atoms with Gasteiger partial charge in [0.05, 0.1) is 17.6 Å². The van der Waals surface area contributed by atoms with E-state index in [2.05, 4.69) is 10.2 Å². The van der Waals surface area contributed by atoms with Crippen LogP contribution in [0.1, 0.15) is 22.5 Å². The summed E-state index contributed by atoms with van der Waals surface area (Å²) >= 11 is 1.28. The Bertz CT molecular complexity index is 830. The van der Waals surface area contributed by atoms with Gasteiger partial charge in [0.1, 0.15) is 23.5 Å². The van der Waals surface area contributed by atoms with E-state index in [-0.39, 0.29) is 12.6 Å². The molecule has 3 rings (SSSR count). The van der Waals surface area contributed by atoms with Crippen LogP contribution in [-0.2, 0) is 4.79 Å². The first kappa shape index (κ1) is 19.4. The molecule has 1 aromatic carbocycles. The number of anilines is 2. The van der Waals surface area contributed by atoms with Crippen molar-refractivity contribution in [2.75, 3.05) is 43.4 Å². The molecule has 0 bridgehead atoms. The van der Waals surface area contributed by atoms with Crippen LogP contribution in [0.3, 0.4) is 0 Å². The zero-order valence-corrected chi connectivity index (χ0v) is 15.9. The van der Waals surface area contributed by atoms with Crippen molar-refractivity contribution >= 4 is 45.0 Å². The first-order valence-electron chi connectivity index (χ1n) is 8.94. The summed E-state index contributed by atoms with van der Waals surface area (Å²) in [5.41, 5.74) is 19.0. The van der Waals surface area contributed by atoms with E-state index in [0.29, 0.717) is 34.9 Å². The fourth-order valence-corrected chi connectivity index (χ4v) is 4.26. The molecule has 27 heavy (non-hydrogen) atoms. The van der Waals surface area contributed by atoms with E-state index in [1.54, 1.807) is 0 Å². The van der Waals surface area contributed by atoms with Gasteiger partial charge < -0.3 is 36.9 Å². The zero-order chi connectivity index (χ0) is 19.4. The summed E-state index contributed by atoms with van der Waals surface area (Å²) in [6, 6.07) is 4.22. The molecule has 2 heterocycles. The molecule has 9 heteroatoms. The topological polar surface area (TPSA) is 137 Å². The molecule has 0 atom stereocenters. The third-order valence-corrected chi connectivity index (χ3v) is 5.84. The molecule has 2 aromatic rings. The molecule has 0 saturated carbocycles. The number of benzene rings is 1. The number of carbonyl (C=O) groups is 2. The molecule has 1 aromatic heterocycles. The number of amides is 1. The molecular weight excluding hydrogens is 366 g/mol. The lowest BCUT2D eigenvalue weighted by Gasteiger charge is -2.32. The third-order valence-electron chi connectivity index (χ3n) is 4.67. The van der Waals surface area contributed by atoms with Gasteiger partial charge in [-0.3, -0.25) is 4.79 Å². The molecule has 146 valence electrons. The van der Waals surface area contributed by atoms with Crippen LogP contribution in [0.25, 0.3) is 10.1 Å². The summed E-state index contributed by atoms with van der Waals surface area (Å²) in [6.07, 6.45) is 2.67. The number of nitrogens with zero attached hydrogens (tertiary/aromatic N) is 1. The number of nitrogens with two attached hydrogens (primary N) is 3. The molecule has 1 fully saturated rings. The highest BCUT2D eigenvalue weighted by Gasteiger charge is 2.22. The summed E-state index contributed by atoms with van der Waals surface area (Å²) in [7, 11) is 0. The number of nitrogen functional groups attached to an aromatic ring is 1. The van der Waals surface area contributed by atoms with Crippen molar-refractivity contribution in [3.63, 3.8) is 0 Å². The Morgan fingerprint density at radius 2 is 2.11 bits per heavy atom. The number of primary amides is 1. The van der Waals surface area contributed by atoms with Crippen molar-refractivity contribution in [1.82, 2.24) is 5.32 Å². The summed E-state index contributed by atoms with van der Waals surface area (Å²) in [5, 5.41) is 3.66. The van der Waals surface area contributed by atoms with Crippen molar-refractivity contribution in [1.29, 1.82) is 0 Å². The average molecular weight is 391 g/mol. The fraction of sp³-hybridized carbons (Fsp3) is 0.444. The highest BCUT2D eigenvalue weighted by Crippen LogP contribution is 2.42. The molecule has 1 aliphatic heterocycles. The number of nitrogens with one attached hydrogen (secondary N) is 1. The monoisotopic (exact) mass is 391 g/mol. The molecule has 1 saturated heterocycles. The number of hydrogen-bond donors (Lipinski definition) is 4. The SMILES string of the molecule is NC(=O)c1sc2cc(N3CCC(N)CC3)cc(OCCNCC=O)c2c1N. The van der Waals surface area contributed by atoms with Crippen molar-refractivity contribution in [2.24, 2.45) is 11.5 Å². The lowest BCUT2D eigenvalue weighted by molar-refractivity contribution is -0.107. The second-order valence-electron chi connectivity index (χ2n) is 6.57. The Balaban J connectivity index is 1.92. The van der Waals surface area contributed by atoms with Crippen molar-refractivity contribution in [3.05, 3.63) is 17.0 Å². The van der Waals surface area contributed by atoms with Crippen LogP contribution in [0.2, 0.25) is 0 Å². The number of carbonyl (C=O) groups excluding carboxylic acids is 2. The Morgan fingerprint density at radius 3 is 2.78 bits per heavy atom. The molecule has 8 nitrogen and oxygen atoms in total. The Kier molecular flexibility index (Phi) is 6.15. The maximum absolute atomic E-state index is 11.7. The van der Waals surface area contributed by atoms with Gasteiger partial charge in [-0.1, -0.05) is 0 Å². The third kappa shape index (κ3) is 4.32. The summed E-state index contributed by atoms with van der Waals surface area (Å²) < 4.78 is 6.80. The lowest BCUT2D eigenvalue weighted by atomic mass is 10.0.